The molecule has 0 bridgehead atoms. The third kappa shape index (κ3) is 1.89. The molecule has 0 atom stereocenters. The lowest BCUT2D eigenvalue weighted by molar-refractivity contribution is 0.815. The van der Waals surface area contributed by atoms with Gasteiger partial charge in [-0.15, -0.1) is 11.3 Å². The second-order valence-electron chi connectivity index (χ2n) is 5.19. The van der Waals surface area contributed by atoms with Gasteiger partial charge in [-0.2, -0.15) is 0 Å². The lowest BCUT2D eigenvalue weighted by atomic mass is 9.95. The predicted molar refractivity (Wildman–Crippen MR) is 74.7 cm³/mol. The van der Waals surface area contributed by atoms with Crippen LogP contribution in [0, 0.1) is 6.92 Å². The summed E-state index contributed by atoms with van der Waals surface area (Å²) < 4.78 is 1.44. The highest BCUT2D eigenvalue weighted by atomic mass is 32.1. The maximum atomic E-state index is 2.34. The van der Waals surface area contributed by atoms with Crippen LogP contribution in [0.2, 0.25) is 0 Å². The zero-order valence-electron chi connectivity index (χ0n) is 10.8. The molecule has 0 fully saturated rings. The minimum Gasteiger partial charge on any atom is -0.140 e. The summed E-state index contributed by atoms with van der Waals surface area (Å²) in [5.41, 5.74) is 2.93. The molecule has 16 heavy (non-hydrogen) atoms. The number of hydrogen-bond donors (Lipinski definition) is 0. The van der Waals surface area contributed by atoms with Gasteiger partial charge in [-0.1, -0.05) is 45.4 Å². The standard InChI is InChI=1S/C15H20S/c1-9(2)14-12-8-11(5)6-7-13(12)16-15(14)10(3)4/h6-10H,1-5H3. The first-order valence-corrected chi connectivity index (χ1v) is 6.85. The van der Waals surface area contributed by atoms with E-state index in [1.807, 2.05) is 11.3 Å². The van der Waals surface area contributed by atoms with Crippen LogP contribution in [-0.4, -0.2) is 0 Å². The largest absolute Gasteiger partial charge is 0.140 e. The molecule has 0 nitrogen and oxygen atoms in total. The van der Waals surface area contributed by atoms with Crippen LogP contribution >= 0.6 is 11.3 Å². The van der Waals surface area contributed by atoms with Gasteiger partial charge in [0.25, 0.3) is 0 Å². The molecular weight excluding hydrogens is 212 g/mol. The molecule has 0 N–H and O–H groups in total. The molecule has 0 aliphatic rings. The molecule has 2 aromatic rings. The molecule has 1 heteroatoms. The SMILES string of the molecule is Cc1ccc2sc(C(C)C)c(C(C)C)c2c1. The number of fused-ring (bicyclic) bond motifs is 1. The Bertz CT molecular complexity index is 503. The van der Waals surface area contributed by atoms with Gasteiger partial charge in [0.1, 0.15) is 0 Å². The van der Waals surface area contributed by atoms with Gasteiger partial charge in [0.05, 0.1) is 0 Å². The molecule has 1 heterocycles. The Balaban J connectivity index is 2.77. The molecule has 0 radical (unpaired) electrons. The average Bonchev–Trinajstić information content (AvgIpc) is 2.55. The molecule has 0 spiro atoms. The minimum atomic E-state index is 0.618. The van der Waals surface area contributed by atoms with E-state index in [-0.39, 0.29) is 0 Å². The monoisotopic (exact) mass is 232 g/mol. The predicted octanol–water partition coefficient (Wildman–Crippen LogP) is 5.46. The van der Waals surface area contributed by atoms with E-state index in [1.54, 1.807) is 10.4 Å². The van der Waals surface area contributed by atoms with E-state index in [0.717, 1.165) is 0 Å². The fraction of sp³-hybridized carbons (Fsp3) is 0.467. The second kappa shape index (κ2) is 4.21. The van der Waals surface area contributed by atoms with Crippen LogP contribution in [0.1, 0.15) is 55.5 Å². The highest BCUT2D eigenvalue weighted by molar-refractivity contribution is 7.19. The van der Waals surface area contributed by atoms with E-state index in [1.165, 1.54) is 15.6 Å². The van der Waals surface area contributed by atoms with Crippen LogP contribution < -0.4 is 0 Å². The number of thiophene rings is 1. The summed E-state index contributed by atoms with van der Waals surface area (Å²) >= 11 is 1.97. The first kappa shape index (κ1) is 11.7. The first-order chi connectivity index (χ1) is 7.50. The van der Waals surface area contributed by atoms with Gasteiger partial charge in [0, 0.05) is 9.58 Å². The molecule has 2 rings (SSSR count). The Labute approximate surface area is 102 Å². The third-order valence-corrected chi connectivity index (χ3v) is 4.50. The van der Waals surface area contributed by atoms with E-state index >= 15 is 0 Å². The summed E-state index contributed by atoms with van der Waals surface area (Å²) in [6, 6.07) is 6.83. The number of benzene rings is 1. The van der Waals surface area contributed by atoms with Gasteiger partial charge < -0.3 is 0 Å². The Kier molecular flexibility index (Phi) is 3.07. The molecule has 1 aromatic carbocycles. The van der Waals surface area contributed by atoms with E-state index in [9.17, 15) is 0 Å². The van der Waals surface area contributed by atoms with E-state index in [2.05, 4.69) is 52.8 Å². The van der Waals surface area contributed by atoms with Crippen molar-refractivity contribution in [3.05, 3.63) is 34.2 Å². The number of aryl methyl sites for hydroxylation is 1. The minimum absolute atomic E-state index is 0.618. The van der Waals surface area contributed by atoms with Crippen molar-refractivity contribution in [1.29, 1.82) is 0 Å². The Morgan fingerprint density at radius 3 is 2.25 bits per heavy atom. The number of rotatable bonds is 2. The lowest BCUT2D eigenvalue weighted by Gasteiger charge is -2.10. The summed E-state index contributed by atoms with van der Waals surface area (Å²) in [5.74, 6) is 1.25. The molecule has 86 valence electrons. The average molecular weight is 232 g/mol. The zero-order valence-corrected chi connectivity index (χ0v) is 11.6. The molecule has 0 amide bonds. The van der Waals surface area contributed by atoms with Gasteiger partial charge in [-0.3, -0.25) is 0 Å². The maximum Gasteiger partial charge on any atom is 0.0348 e. The normalized spacial score (nSPS) is 11.9. The molecule has 0 unspecified atom stereocenters. The smallest absolute Gasteiger partial charge is 0.0348 e. The van der Waals surface area contributed by atoms with Crippen molar-refractivity contribution in [3.63, 3.8) is 0 Å². The van der Waals surface area contributed by atoms with Crippen LogP contribution in [0.4, 0.5) is 0 Å². The quantitative estimate of drug-likeness (QED) is 0.645. The third-order valence-electron chi connectivity index (χ3n) is 3.01. The van der Waals surface area contributed by atoms with Crippen molar-refractivity contribution < 1.29 is 0 Å². The molecular formula is C15H20S. The van der Waals surface area contributed by atoms with E-state index in [0.29, 0.717) is 11.8 Å². The fourth-order valence-electron chi connectivity index (χ4n) is 2.27. The first-order valence-electron chi connectivity index (χ1n) is 6.03. The van der Waals surface area contributed by atoms with Crippen molar-refractivity contribution in [1.82, 2.24) is 0 Å². The van der Waals surface area contributed by atoms with Gasteiger partial charge in [-0.05, 0) is 35.8 Å². The van der Waals surface area contributed by atoms with Gasteiger partial charge in [-0.25, -0.2) is 0 Å². The highest BCUT2D eigenvalue weighted by Gasteiger charge is 2.16. The van der Waals surface area contributed by atoms with Crippen LogP contribution in [-0.2, 0) is 0 Å². The second-order valence-corrected chi connectivity index (χ2v) is 6.27. The van der Waals surface area contributed by atoms with E-state index < -0.39 is 0 Å². The van der Waals surface area contributed by atoms with Gasteiger partial charge in [0.2, 0.25) is 0 Å². The molecule has 1 aromatic heterocycles. The molecule has 0 saturated heterocycles. The Morgan fingerprint density at radius 2 is 1.69 bits per heavy atom. The van der Waals surface area contributed by atoms with Crippen molar-refractivity contribution in [3.8, 4) is 0 Å². The topological polar surface area (TPSA) is 0 Å². The van der Waals surface area contributed by atoms with Gasteiger partial charge >= 0.3 is 0 Å². The van der Waals surface area contributed by atoms with Crippen molar-refractivity contribution in [2.75, 3.05) is 0 Å². The Hall–Kier alpha value is -0.820. The summed E-state index contributed by atoms with van der Waals surface area (Å²) in [6.45, 7) is 11.4. The van der Waals surface area contributed by atoms with Crippen LogP contribution in [0.3, 0.4) is 0 Å². The number of hydrogen-bond acceptors (Lipinski definition) is 1. The summed E-state index contributed by atoms with van der Waals surface area (Å²) in [5, 5.41) is 1.48. The highest BCUT2D eigenvalue weighted by Crippen LogP contribution is 2.40. The van der Waals surface area contributed by atoms with Gasteiger partial charge in [0.15, 0.2) is 0 Å². The van der Waals surface area contributed by atoms with E-state index in [4.69, 9.17) is 0 Å². The fourth-order valence-corrected chi connectivity index (χ4v) is 3.62. The van der Waals surface area contributed by atoms with Crippen LogP contribution in [0.15, 0.2) is 18.2 Å². The lowest BCUT2D eigenvalue weighted by Crippen LogP contribution is -1.93. The molecule has 0 aliphatic carbocycles. The zero-order chi connectivity index (χ0) is 11.9. The Morgan fingerprint density at radius 1 is 1.00 bits per heavy atom. The summed E-state index contributed by atoms with van der Waals surface area (Å²) in [4.78, 5) is 1.57. The van der Waals surface area contributed by atoms with Crippen LogP contribution in [0.25, 0.3) is 10.1 Å². The van der Waals surface area contributed by atoms with Crippen molar-refractivity contribution >= 4 is 21.4 Å². The van der Waals surface area contributed by atoms with Crippen molar-refractivity contribution in [2.24, 2.45) is 0 Å². The molecule has 0 aliphatic heterocycles. The maximum absolute atomic E-state index is 2.34. The van der Waals surface area contributed by atoms with Crippen LogP contribution in [0.5, 0.6) is 0 Å². The summed E-state index contributed by atoms with van der Waals surface area (Å²) in [6.07, 6.45) is 0. The molecule has 0 saturated carbocycles. The summed E-state index contributed by atoms with van der Waals surface area (Å²) in [7, 11) is 0. The van der Waals surface area contributed by atoms with Crippen molar-refractivity contribution in [2.45, 2.75) is 46.5 Å².